The van der Waals surface area contributed by atoms with Gasteiger partial charge in [0.1, 0.15) is 11.5 Å². The molecule has 3 aromatic rings. The lowest BCUT2D eigenvalue weighted by Gasteiger charge is -2.15. The first-order chi connectivity index (χ1) is 10.1. The summed E-state index contributed by atoms with van der Waals surface area (Å²) in [6.07, 6.45) is -3.47. The number of alkyl halides is 2. The van der Waals surface area contributed by atoms with Crippen LogP contribution < -0.4 is 9.47 Å². The van der Waals surface area contributed by atoms with Crippen molar-refractivity contribution in [2.45, 2.75) is 6.11 Å². The van der Waals surface area contributed by atoms with E-state index in [1.807, 2.05) is 0 Å². The molecule has 0 aliphatic rings. The summed E-state index contributed by atoms with van der Waals surface area (Å²) < 4.78 is 38.8. The van der Waals surface area contributed by atoms with Crippen molar-refractivity contribution in [3.05, 3.63) is 53.5 Å². The summed E-state index contributed by atoms with van der Waals surface area (Å²) in [5, 5.41) is -0.362. The Balaban J connectivity index is 1.87. The van der Waals surface area contributed by atoms with Crippen molar-refractivity contribution in [2.24, 2.45) is 0 Å². The number of fused-ring (bicyclic) bond motifs is 1. The number of halogens is 2. The van der Waals surface area contributed by atoms with Crippen LogP contribution in [0.15, 0.2) is 48.5 Å². The van der Waals surface area contributed by atoms with Crippen molar-refractivity contribution in [1.82, 2.24) is 4.98 Å². The van der Waals surface area contributed by atoms with Crippen LogP contribution in [0.3, 0.4) is 0 Å². The van der Waals surface area contributed by atoms with Crippen LogP contribution in [-0.4, -0.2) is 12.1 Å². The fourth-order valence-electron chi connectivity index (χ4n) is 1.83. The van der Waals surface area contributed by atoms with Crippen molar-refractivity contribution in [3.63, 3.8) is 0 Å². The molecule has 0 N–H and O–H groups in total. The van der Waals surface area contributed by atoms with Crippen LogP contribution in [0.1, 0.15) is 5.01 Å². The lowest BCUT2D eigenvalue weighted by Crippen LogP contribution is -2.21. The van der Waals surface area contributed by atoms with Gasteiger partial charge in [0.2, 0.25) is 5.01 Å². The molecule has 0 bridgehead atoms. The molecule has 0 radical (unpaired) electrons. The number of hydrogen-bond donors (Lipinski definition) is 0. The summed E-state index contributed by atoms with van der Waals surface area (Å²) in [6.45, 7) is 0. The molecule has 3 rings (SSSR count). The van der Waals surface area contributed by atoms with Crippen LogP contribution in [0, 0.1) is 0 Å². The molecule has 1 aromatic heterocycles. The molecule has 0 aliphatic heterocycles. The average Bonchev–Trinajstić information content (AvgIpc) is 2.92. The fourth-order valence-corrected chi connectivity index (χ4v) is 2.71. The molecule has 0 saturated carbocycles. The SMILES string of the molecule is COc1ccc(OC(F)(F)c2nc3ccccc3s2)cc1. The zero-order chi connectivity index (χ0) is 14.9. The zero-order valence-electron chi connectivity index (χ0n) is 11.0. The van der Waals surface area contributed by atoms with E-state index in [-0.39, 0.29) is 10.8 Å². The summed E-state index contributed by atoms with van der Waals surface area (Å²) in [6, 6.07) is 13.0. The Labute approximate surface area is 123 Å². The summed E-state index contributed by atoms with van der Waals surface area (Å²) >= 11 is 0.920. The molecule has 0 fully saturated rings. The van der Waals surface area contributed by atoms with E-state index in [1.165, 1.54) is 19.2 Å². The third-order valence-corrected chi connectivity index (χ3v) is 3.94. The van der Waals surface area contributed by atoms with Gasteiger partial charge in [-0.3, -0.25) is 0 Å². The largest absolute Gasteiger partial charge is 0.497 e. The quantitative estimate of drug-likeness (QED) is 0.714. The molecule has 0 unspecified atom stereocenters. The first kappa shape index (κ1) is 13.8. The maximum Gasteiger partial charge on any atom is 0.454 e. The lowest BCUT2D eigenvalue weighted by molar-refractivity contribution is -0.185. The Morgan fingerprint density at radius 1 is 1.00 bits per heavy atom. The topological polar surface area (TPSA) is 31.4 Å². The Hall–Kier alpha value is -2.21. The monoisotopic (exact) mass is 307 g/mol. The van der Waals surface area contributed by atoms with E-state index in [4.69, 9.17) is 9.47 Å². The summed E-state index contributed by atoms with van der Waals surface area (Å²) in [5.41, 5.74) is 0.538. The third-order valence-electron chi connectivity index (χ3n) is 2.85. The van der Waals surface area contributed by atoms with E-state index in [0.29, 0.717) is 16.0 Å². The highest BCUT2D eigenvalue weighted by molar-refractivity contribution is 7.18. The number of nitrogens with zero attached hydrogens (tertiary/aromatic N) is 1. The first-order valence-corrected chi connectivity index (χ1v) is 6.97. The third kappa shape index (κ3) is 2.80. The van der Waals surface area contributed by atoms with Crippen LogP contribution in [0.2, 0.25) is 0 Å². The molecule has 1 heterocycles. The van der Waals surface area contributed by atoms with E-state index in [0.717, 1.165) is 11.3 Å². The number of methoxy groups -OCH3 is 1. The number of thiazole rings is 1. The smallest absolute Gasteiger partial charge is 0.454 e. The molecule has 6 heteroatoms. The Morgan fingerprint density at radius 2 is 1.67 bits per heavy atom. The van der Waals surface area contributed by atoms with Crippen molar-refractivity contribution in [3.8, 4) is 11.5 Å². The van der Waals surface area contributed by atoms with Gasteiger partial charge in [-0.05, 0) is 36.4 Å². The number of rotatable bonds is 4. The molecular weight excluding hydrogens is 296 g/mol. The molecular formula is C15H11F2NO2S. The number of ether oxygens (including phenoxy) is 2. The molecule has 0 amide bonds. The van der Waals surface area contributed by atoms with Gasteiger partial charge in [0.05, 0.1) is 17.3 Å². The average molecular weight is 307 g/mol. The van der Waals surface area contributed by atoms with E-state index < -0.39 is 6.11 Å². The second kappa shape index (κ2) is 5.29. The molecule has 2 aromatic carbocycles. The van der Waals surface area contributed by atoms with E-state index in [1.54, 1.807) is 36.4 Å². The van der Waals surface area contributed by atoms with Crippen LogP contribution in [-0.2, 0) is 6.11 Å². The van der Waals surface area contributed by atoms with Crippen LogP contribution in [0.4, 0.5) is 8.78 Å². The molecule has 0 atom stereocenters. The molecule has 108 valence electrons. The van der Waals surface area contributed by atoms with Gasteiger partial charge in [-0.1, -0.05) is 12.1 Å². The summed E-state index contributed by atoms with van der Waals surface area (Å²) in [7, 11) is 1.51. The maximum atomic E-state index is 14.2. The number of para-hydroxylation sites is 1. The van der Waals surface area contributed by atoms with Crippen LogP contribution >= 0.6 is 11.3 Å². The second-order valence-corrected chi connectivity index (χ2v) is 5.31. The predicted molar refractivity (Wildman–Crippen MR) is 77.1 cm³/mol. The van der Waals surface area contributed by atoms with Gasteiger partial charge >= 0.3 is 6.11 Å². The van der Waals surface area contributed by atoms with E-state index in [9.17, 15) is 8.78 Å². The molecule has 0 aliphatic carbocycles. The molecule has 0 saturated heterocycles. The van der Waals surface area contributed by atoms with Gasteiger partial charge in [0.15, 0.2) is 0 Å². The standard InChI is InChI=1S/C15H11F2NO2S/c1-19-10-6-8-11(9-7-10)20-15(16,17)14-18-12-4-2-3-5-13(12)21-14/h2-9H,1H3. The van der Waals surface area contributed by atoms with Gasteiger partial charge in [0.25, 0.3) is 0 Å². The number of aromatic nitrogens is 1. The fraction of sp³-hybridized carbons (Fsp3) is 0.133. The summed E-state index contributed by atoms with van der Waals surface area (Å²) in [4.78, 5) is 3.93. The van der Waals surface area contributed by atoms with Crippen molar-refractivity contribution < 1.29 is 18.3 Å². The minimum absolute atomic E-state index is 0.0556. The van der Waals surface area contributed by atoms with Gasteiger partial charge in [-0.2, -0.15) is 8.78 Å². The maximum absolute atomic E-state index is 14.2. The highest BCUT2D eigenvalue weighted by Crippen LogP contribution is 2.36. The zero-order valence-corrected chi connectivity index (χ0v) is 11.9. The molecule has 3 nitrogen and oxygen atoms in total. The number of benzene rings is 2. The highest BCUT2D eigenvalue weighted by atomic mass is 32.1. The molecule has 21 heavy (non-hydrogen) atoms. The predicted octanol–water partition coefficient (Wildman–Crippen LogP) is 4.43. The van der Waals surface area contributed by atoms with Crippen LogP contribution in [0.25, 0.3) is 10.2 Å². The normalized spacial score (nSPS) is 11.6. The number of hydrogen-bond acceptors (Lipinski definition) is 4. The van der Waals surface area contributed by atoms with Crippen molar-refractivity contribution >= 4 is 21.6 Å². The van der Waals surface area contributed by atoms with Crippen molar-refractivity contribution in [2.75, 3.05) is 7.11 Å². The minimum atomic E-state index is -3.47. The lowest BCUT2D eigenvalue weighted by atomic mass is 10.3. The minimum Gasteiger partial charge on any atom is -0.497 e. The second-order valence-electron chi connectivity index (χ2n) is 4.28. The van der Waals surface area contributed by atoms with Crippen molar-refractivity contribution in [1.29, 1.82) is 0 Å². The Kier molecular flexibility index (Phi) is 3.47. The highest BCUT2D eigenvalue weighted by Gasteiger charge is 2.38. The van der Waals surface area contributed by atoms with Gasteiger partial charge in [0, 0.05) is 0 Å². The van der Waals surface area contributed by atoms with Gasteiger partial charge in [-0.25, -0.2) is 4.98 Å². The van der Waals surface area contributed by atoms with Gasteiger partial charge < -0.3 is 9.47 Å². The van der Waals surface area contributed by atoms with E-state index >= 15 is 0 Å². The summed E-state index contributed by atoms with van der Waals surface area (Å²) in [5.74, 6) is 0.630. The van der Waals surface area contributed by atoms with E-state index in [2.05, 4.69) is 4.98 Å². The van der Waals surface area contributed by atoms with Gasteiger partial charge in [-0.15, -0.1) is 11.3 Å². The molecule has 0 spiro atoms. The first-order valence-electron chi connectivity index (χ1n) is 6.15. The Bertz CT molecular complexity index is 723. The Morgan fingerprint density at radius 3 is 2.33 bits per heavy atom. The van der Waals surface area contributed by atoms with Crippen LogP contribution in [0.5, 0.6) is 11.5 Å².